The summed E-state index contributed by atoms with van der Waals surface area (Å²) >= 11 is 0. The van der Waals surface area contributed by atoms with Gasteiger partial charge in [0.15, 0.2) is 0 Å². The van der Waals surface area contributed by atoms with Gasteiger partial charge in [0.25, 0.3) is 0 Å². The molecule has 2 aromatic carbocycles. The minimum atomic E-state index is 1.29. The molecule has 0 spiro atoms. The largest absolute Gasteiger partial charge is 0.316 e. The SMILES string of the molecule is CC.Cc1c(C)c2cccn2c2cc3ccccc3cc12. The number of nitrogens with zero attached hydrogens (tertiary/aromatic N) is 1. The predicted octanol–water partition coefficient (Wildman–Crippen LogP) is 5.89. The summed E-state index contributed by atoms with van der Waals surface area (Å²) in [6.07, 6.45) is 2.15. The molecule has 0 amide bonds. The lowest BCUT2D eigenvalue weighted by molar-refractivity contribution is 1.23. The fourth-order valence-electron chi connectivity index (χ4n) is 3.02. The van der Waals surface area contributed by atoms with Gasteiger partial charge < -0.3 is 4.40 Å². The Bertz CT molecular complexity index is 929. The van der Waals surface area contributed by atoms with E-state index in [0.29, 0.717) is 0 Å². The van der Waals surface area contributed by atoms with E-state index in [1.807, 2.05) is 13.8 Å². The summed E-state index contributed by atoms with van der Waals surface area (Å²) in [5.41, 5.74) is 5.35. The van der Waals surface area contributed by atoms with Crippen LogP contribution in [0.3, 0.4) is 0 Å². The topological polar surface area (TPSA) is 4.41 Å². The van der Waals surface area contributed by atoms with Crippen LogP contribution >= 0.6 is 0 Å². The summed E-state index contributed by atoms with van der Waals surface area (Å²) < 4.78 is 2.30. The van der Waals surface area contributed by atoms with E-state index in [4.69, 9.17) is 0 Å². The van der Waals surface area contributed by atoms with Crippen molar-refractivity contribution < 1.29 is 0 Å². The number of rotatable bonds is 0. The molecule has 0 unspecified atom stereocenters. The molecule has 0 fully saturated rings. The molecule has 2 heterocycles. The number of fused-ring (bicyclic) bond motifs is 4. The monoisotopic (exact) mass is 275 g/mol. The third kappa shape index (κ3) is 2.01. The number of hydrogen-bond acceptors (Lipinski definition) is 0. The van der Waals surface area contributed by atoms with Crippen molar-refractivity contribution in [1.82, 2.24) is 4.40 Å². The van der Waals surface area contributed by atoms with Crippen molar-refractivity contribution >= 4 is 27.2 Å². The van der Waals surface area contributed by atoms with E-state index >= 15 is 0 Å². The molecule has 4 rings (SSSR count). The lowest BCUT2D eigenvalue weighted by Crippen LogP contribution is -1.94. The van der Waals surface area contributed by atoms with Gasteiger partial charge in [-0.15, -0.1) is 0 Å². The molecule has 0 aliphatic carbocycles. The Kier molecular flexibility index (Phi) is 3.42. The first-order valence-electron chi connectivity index (χ1n) is 7.64. The fraction of sp³-hybridized carbons (Fsp3) is 0.200. The molecule has 0 radical (unpaired) electrons. The Morgan fingerprint density at radius 2 is 1.38 bits per heavy atom. The van der Waals surface area contributed by atoms with Gasteiger partial charge in [-0.2, -0.15) is 0 Å². The van der Waals surface area contributed by atoms with E-state index in [1.165, 1.54) is 38.3 Å². The summed E-state index contributed by atoms with van der Waals surface area (Å²) in [5.74, 6) is 0. The van der Waals surface area contributed by atoms with Crippen LogP contribution in [0.4, 0.5) is 0 Å². The average molecular weight is 275 g/mol. The molecule has 2 aromatic heterocycles. The standard InChI is InChI=1S/C18H15N.C2H6/c1-12-13(2)17-8-5-9-19(17)18-11-15-7-4-3-6-14(15)10-16(12)18;1-2/h3-11H,1-2H3;1-2H3. The van der Waals surface area contributed by atoms with Crippen LogP contribution < -0.4 is 0 Å². The van der Waals surface area contributed by atoms with Gasteiger partial charge in [-0.3, -0.25) is 0 Å². The van der Waals surface area contributed by atoms with Gasteiger partial charge in [0.05, 0.1) is 5.52 Å². The number of aromatic nitrogens is 1. The Hall–Kier alpha value is -2.28. The lowest BCUT2D eigenvalue weighted by Gasteiger charge is -2.12. The normalized spacial score (nSPS) is 10.9. The summed E-state index contributed by atoms with van der Waals surface area (Å²) in [7, 11) is 0. The highest BCUT2D eigenvalue weighted by Crippen LogP contribution is 2.29. The van der Waals surface area contributed by atoms with Crippen LogP contribution in [0.5, 0.6) is 0 Å². The zero-order chi connectivity index (χ0) is 15.0. The molecular weight excluding hydrogens is 254 g/mol. The molecule has 1 nitrogen and oxygen atoms in total. The van der Waals surface area contributed by atoms with Crippen LogP contribution in [-0.4, -0.2) is 4.40 Å². The van der Waals surface area contributed by atoms with Crippen molar-refractivity contribution in [2.75, 3.05) is 0 Å². The zero-order valence-electron chi connectivity index (χ0n) is 13.1. The van der Waals surface area contributed by atoms with Gasteiger partial charge in [0, 0.05) is 17.1 Å². The van der Waals surface area contributed by atoms with Crippen LogP contribution in [0.15, 0.2) is 54.7 Å². The molecule has 0 saturated carbocycles. The van der Waals surface area contributed by atoms with Gasteiger partial charge in [-0.05, 0) is 60.0 Å². The highest BCUT2D eigenvalue weighted by molar-refractivity contribution is 6.00. The van der Waals surface area contributed by atoms with E-state index in [2.05, 4.69) is 73.0 Å². The van der Waals surface area contributed by atoms with Gasteiger partial charge >= 0.3 is 0 Å². The van der Waals surface area contributed by atoms with E-state index in [0.717, 1.165) is 0 Å². The summed E-state index contributed by atoms with van der Waals surface area (Å²) in [5, 5.41) is 3.96. The maximum absolute atomic E-state index is 2.31. The molecule has 0 aliphatic heterocycles. The van der Waals surface area contributed by atoms with Crippen LogP contribution in [0.25, 0.3) is 27.2 Å². The number of hydrogen-bond donors (Lipinski definition) is 0. The fourth-order valence-corrected chi connectivity index (χ4v) is 3.02. The molecule has 0 N–H and O–H groups in total. The highest BCUT2D eigenvalue weighted by Gasteiger charge is 2.09. The molecule has 0 aliphatic rings. The molecule has 106 valence electrons. The zero-order valence-corrected chi connectivity index (χ0v) is 13.1. The number of aryl methyl sites for hydroxylation is 2. The minimum absolute atomic E-state index is 1.29. The Morgan fingerprint density at radius 3 is 2.10 bits per heavy atom. The third-order valence-electron chi connectivity index (χ3n) is 4.22. The second kappa shape index (κ2) is 5.25. The van der Waals surface area contributed by atoms with Crippen LogP contribution in [0, 0.1) is 13.8 Å². The van der Waals surface area contributed by atoms with Crippen LogP contribution in [0.2, 0.25) is 0 Å². The molecule has 21 heavy (non-hydrogen) atoms. The Balaban J connectivity index is 0.000000636. The molecule has 4 aromatic rings. The van der Waals surface area contributed by atoms with Gasteiger partial charge in [-0.1, -0.05) is 38.1 Å². The van der Waals surface area contributed by atoms with Gasteiger partial charge in [0.2, 0.25) is 0 Å². The van der Waals surface area contributed by atoms with Crippen molar-refractivity contribution in [1.29, 1.82) is 0 Å². The van der Waals surface area contributed by atoms with E-state index < -0.39 is 0 Å². The Morgan fingerprint density at radius 1 is 0.714 bits per heavy atom. The van der Waals surface area contributed by atoms with Crippen LogP contribution in [0.1, 0.15) is 25.0 Å². The van der Waals surface area contributed by atoms with Crippen LogP contribution in [-0.2, 0) is 0 Å². The van der Waals surface area contributed by atoms with Crippen molar-refractivity contribution in [3.05, 3.63) is 65.9 Å². The summed E-state index contributed by atoms with van der Waals surface area (Å²) in [4.78, 5) is 0. The Labute approximate surface area is 125 Å². The first-order chi connectivity index (χ1) is 10.3. The number of pyridine rings is 1. The molecule has 0 atom stereocenters. The van der Waals surface area contributed by atoms with Crippen molar-refractivity contribution in [3.8, 4) is 0 Å². The lowest BCUT2D eigenvalue weighted by atomic mass is 10.0. The number of benzene rings is 2. The minimum Gasteiger partial charge on any atom is -0.316 e. The van der Waals surface area contributed by atoms with Crippen molar-refractivity contribution in [3.63, 3.8) is 0 Å². The van der Waals surface area contributed by atoms with E-state index in [9.17, 15) is 0 Å². The maximum atomic E-state index is 2.31. The van der Waals surface area contributed by atoms with Gasteiger partial charge in [0.1, 0.15) is 0 Å². The quantitative estimate of drug-likeness (QED) is 0.352. The second-order valence-corrected chi connectivity index (χ2v) is 5.23. The van der Waals surface area contributed by atoms with Gasteiger partial charge in [-0.25, -0.2) is 0 Å². The smallest absolute Gasteiger partial charge is 0.0537 e. The predicted molar refractivity (Wildman–Crippen MR) is 93.2 cm³/mol. The van der Waals surface area contributed by atoms with E-state index in [1.54, 1.807) is 0 Å². The first kappa shape index (κ1) is 13.7. The average Bonchev–Trinajstić information content (AvgIpc) is 3.03. The van der Waals surface area contributed by atoms with E-state index in [-0.39, 0.29) is 0 Å². The summed E-state index contributed by atoms with van der Waals surface area (Å²) in [6, 6.07) is 17.5. The molecule has 0 saturated heterocycles. The molecule has 1 heteroatoms. The molecular formula is C20H21N. The van der Waals surface area contributed by atoms with Crippen molar-refractivity contribution in [2.45, 2.75) is 27.7 Å². The maximum Gasteiger partial charge on any atom is 0.0537 e. The summed E-state index contributed by atoms with van der Waals surface area (Å²) in [6.45, 7) is 8.43. The molecule has 0 bridgehead atoms. The third-order valence-corrected chi connectivity index (χ3v) is 4.22. The second-order valence-electron chi connectivity index (χ2n) is 5.23. The highest BCUT2D eigenvalue weighted by atomic mass is 14.9. The first-order valence-corrected chi connectivity index (χ1v) is 7.64. The van der Waals surface area contributed by atoms with Crippen molar-refractivity contribution in [2.24, 2.45) is 0 Å².